The Balaban J connectivity index is 1.49. The highest BCUT2D eigenvalue weighted by molar-refractivity contribution is 7.93. The van der Waals surface area contributed by atoms with Crippen LogP contribution in [0.1, 0.15) is 55.2 Å². The maximum absolute atomic E-state index is 15.0. The minimum absolute atomic E-state index is 0.0920. The molecule has 1 saturated carbocycles. The number of hydrogen-bond donors (Lipinski definition) is 2. The van der Waals surface area contributed by atoms with E-state index in [2.05, 4.69) is 25.0 Å². The van der Waals surface area contributed by atoms with Crippen molar-refractivity contribution in [2.24, 2.45) is 0 Å². The molecule has 1 aliphatic carbocycles. The summed E-state index contributed by atoms with van der Waals surface area (Å²) in [5.74, 6) is -1.05. The zero-order valence-corrected chi connectivity index (χ0v) is 22.2. The number of anilines is 1. The monoisotopic (exact) mass is 549 g/mol. The van der Waals surface area contributed by atoms with Crippen LogP contribution < -0.4 is 14.8 Å². The van der Waals surface area contributed by atoms with Crippen molar-refractivity contribution in [3.8, 4) is 17.1 Å². The molecule has 1 aliphatic rings. The third-order valence-electron chi connectivity index (χ3n) is 5.47. The molecule has 37 heavy (non-hydrogen) atoms. The van der Waals surface area contributed by atoms with Crippen LogP contribution in [0, 0.1) is 5.82 Å². The number of rotatable bonds is 12. The summed E-state index contributed by atoms with van der Waals surface area (Å²) in [4.78, 5) is 25.8. The highest BCUT2D eigenvalue weighted by Crippen LogP contribution is 2.31. The summed E-state index contributed by atoms with van der Waals surface area (Å²) in [6, 6.07) is 3.56. The average molecular weight is 550 g/mol. The Kier molecular flexibility index (Phi) is 8.35. The van der Waals surface area contributed by atoms with Gasteiger partial charge in [0.1, 0.15) is 5.82 Å². The Hall–Kier alpha value is -3.16. The molecule has 0 spiro atoms. The number of methoxy groups -OCH3 is 1. The molecular weight excluding hydrogens is 521 g/mol. The van der Waals surface area contributed by atoms with Gasteiger partial charge in [-0.05, 0) is 45.2 Å². The van der Waals surface area contributed by atoms with Crippen molar-refractivity contribution in [1.29, 1.82) is 0 Å². The fourth-order valence-corrected chi connectivity index (χ4v) is 5.85. The van der Waals surface area contributed by atoms with E-state index >= 15 is 4.39 Å². The van der Waals surface area contributed by atoms with Crippen LogP contribution in [0.3, 0.4) is 0 Å². The van der Waals surface area contributed by atoms with Crippen LogP contribution in [-0.4, -0.2) is 54.3 Å². The normalized spacial score (nSPS) is 14.4. The maximum atomic E-state index is 15.0. The molecule has 13 heteroatoms. The van der Waals surface area contributed by atoms with Crippen LogP contribution in [0.5, 0.6) is 5.88 Å². The molecule has 2 heterocycles. The van der Waals surface area contributed by atoms with Crippen LogP contribution in [0.2, 0.25) is 0 Å². The largest absolute Gasteiger partial charge is 0.474 e. The molecule has 1 fully saturated rings. The molecule has 0 bridgehead atoms. The smallest absolute Gasteiger partial charge is 0.254 e. The van der Waals surface area contributed by atoms with E-state index < -0.39 is 27.8 Å². The van der Waals surface area contributed by atoms with Gasteiger partial charge in [-0.25, -0.2) is 22.8 Å². The van der Waals surface area contributed by atoms with Gasteiger partial charge in [0.25, 0.3) is 5.91 Å². The zero-order chi connectivity index (χ0) is 26.6. The summed E-state index contributed by atoms with van der Waals surface area (Å²) in [6.45, 7) is 4.03. The summed E-state index contributed by atoms with van der Waals surface area (Å²) >= 11 is 1.12. The van der Waals surface area contributed by atoms with Crippen LogP contribution in [0.4, 0.5) is 9.52 Å². The lowest BCUT2D eigenvalue weighted by Crippen LogP contribution is -2.30. The quantitative estimate of drug-likeness (QED) is 0.347. The van der Waals surface area contributed by atoms with Gasteiger partial charge in [0.05, 0.1) is 46.7 Å². The van der Waals surface area contributed by atoms with Crippen LogP contribution in [0.25, 0.3) is 11.3 Å². The number of ether oxygens (including phenoxy) is 2. The predicted octanol–water partition coefficient (Wildman–Crippen LogP) is 3.94. The van der Waals surface area contributed by atoms with Crippen LogP contribution >= 0.6 is 11.3 Å². The maximum Gasteiger partial charge on any atom is 0.254 e. The van der Waals surface area contributed by atoms with Crippen LogP contribution in [-0.2, 0) is 14.8 Å². The van der Waals surface area contributed by atoms with Gasteiger partial charge in [0.15, 0.2) is 5.13 Å². The summed E-state index contributed by atoms with van der Waals surface area (Å²) in [5, 5.41) is 4.29. The summed E-state index contributed by atoms with van der Waals surface area (Å²) < 4.78 is 52.6. The number of sulfonamides is 1. The van der Waals surface area contributed by atoms with Crippen molar-refractivity contribution in [3.63, 3.8) is 0 Å². The first-order valence-electron chi connectivity index (χ1n) is 11.7. The molecular formula is C24H28FN5O5S2. The highest BCUT2D eigenvalue weighted by atomic mass is 32.2. The minimum atomic E-state index is -3.46. The summed E-state index contributed by atoms with van der Waals surface area (Å²) in [6.07, 6.45) is 4.49. The van der Waals surface area contributed by atoms with E-state index in [9.17, 15) is 13.2 Å². The number of thiazole rings is 1. The molecule has 1 atom stereocenters. The lowest BCUT2D eigenvalue weighted by atomic mass is 10.1. The van der Waals surface area contributed by atoms with Gasteiger partial charge in [0, 0.05) is 24.7 Å². The third kappa shape index (κ3) is 6.99. The number of aromatic nitrogens is 3. The molecule has 3 aromatic rings. The average Bonchev–Trinajstić information content (AvgIpc) is 3.62. The lowest BCUT2D eigenvalue weighted by molar-refractivity contribution is 0.0919. The first-order chi connectivity index (χ1) is 17.7. The second-order valence-electron chi connectivity index (χ2n) is 8.84. The van der Waals surface area contributed by atoms with Crippen molar-refractivity contribution in [2.75, 3.05) is 18.4 Å². The fourth-order valence-electron chi connectivity index (χ4n) is 3.49. The molecule has 2 N–H and O–H groups in total. The number of nitrogens with zero attached hydrogens (tertiary/aromatic N) is 3. The fraction of sp³-hybridized carbons (Fsp3) is 0.417. The number of carbonyl (C=O) groups excluding carboxylic acids is 1. The van der Waals surface area contributed by atoms with Crippen molar-refractivity contribution in [2.45, 2.75) is 50.5 Å². The predicted molar refractivity (Wildman–Crippen MR) is 138 cm³/mol. The molecule has 1 unspecified atom stereocenters. The molecule has 0 saturated heterocycles. The minimum Gasteiger partial charge on any atom is -0.474 e. The molecule has 10 nitrogen and oxygen atoms in total. The van der Waals surface area contributed by atoms with E-state index in [1.165, 1.54) is 31.6 Å². The Morgan fingerprint density at radius 3 is 2.70 bits per heavy atom. The number of benzene rings is 1. The summed E-state index contributed by atoms with van der Waals surface area (Å²) in [7, 11) is -1.93. The zero-order valence-electron chi connectivity index (χ0n) is 20.6. The Bertz CT molecular complexity index is 1360. The molecule has 0 aliphatic heterocycles. The SMILES string of the molecule is COCCC(NC(=O)c1ccc(-c2cncc(OC(C)C)n2)cc1F)c1csc(NS(=O)(=O)C2CC2)n1. The van der Waals surface area contributed by atoms with E-state index in [1.807, 2.05) is 13.8 Å². The molecule has 0 radical (unpaired) electrons. The van der Waals surface area contributed by atoms with Crippen molar-refractivity contribution in [1.82, 2.24) is 20.3 Å². The van der Waals surface area contributed by atoms with Gasteiger partial charge in [-0.2, -0.15) is 0 Å². The standard InChI is InChI=1S/C24H28FN5O5S2/c1-14(2)35-22-12-26-11-20(27-22)15-4-7-17(18(25)10-15)23(31)28-19(8-9-34-3)21-13-36-24(29-21)30-37(32,33)16-5-6-16/h4,7,10-14,16,19H,5-6,8-9H2,1-3H3,(H,28,31)(H,29,30). The Labute approximate surface area is 218 Å². The van der Waals surface area contributed by atoms with Gasteiger partial charge < -0.3 is 14.8 Å². The number of halogens is 1. The Morgan fingerprint density at radius 2 is 2.03 bits per heavy atom. The molecule has 2 aromatic heterocycles. The number of nitrogens with one attached hydrogen (secondary N) is 2. The first kappa shape index (κ1) is 26.9. The first-order valence-corrected chi connectivity index (χ1v) is 14.1. The molecule has 1 amide bonds. The van der Waals surface area contributed by atoms with Gasteiger partial charge in [-0.15, -0.1) is 11.3 Å². The number of hydrogen-bond acceptors (Lipinski definition) is 9. The topological polar surface area (TPSA) is 132 Å². The number of carbonyl (C=O) groups is 1. The van der Waals surface area contributed by atoms with Gasteiger partial charge >= 0.3 is 0 Å². The molecule has 1 aromatic carbocycles. The van der Waals surface area contributed by atoms with Crippen molar-refractivity contribution < 1.29 is 27.1 Å². The van der Waals surface area contributed by atoms with Crippen molar-refractivity contribution in [3.05, 3.63) is 53.0 Å². The van der Waals surface area contributed by atoms with Gasteiger partial charge in [0.2, 0.25) is 15.9 Å². The summed E-state index contributed by atoms with van der Waals surface area (Å²) in [5.41, 5.74) is 1.15. The van der Waals surface area contributed by atoms with E-state index in [0.717, 1.165) is 11.3 Å². The van der Waals surface area contributed by atoms with Gasteiger partial charge in [-0.1, -0.05) is 6.07 Å². The van der Waals surface area contributed by atoms with Crippen molar-refractivity contribution >= 4 is 32.4 Å². The third-order valence-corrected chi connectivity index (χ3v) is 8.20. The molecule has 4 rings (SSSR count). The Morgan fingerprint density at radius 1 is 1.24 bits per heavy atom. The van der Waals surface area contributed by atoms with E-state index in [1.54, 1.807) is 11.4 Å². The molecule has 198 valence electrons. The van der Waals surface area contributed by atoms with E-state index in [0.29, 0.717) is 48.7 Å². The second kappa shape index (κ2) is 11.5. The van der Waals surface area contributed by atoms with E-state index in [4.69, 9.17) is 9.47 Å². The lowest BCUT2D eigenvalue weighted by Gasteiger charge is -2.17. The highest BCUT2D eigenvalue weighted by Gasteiger charge is 2.36. The second-order valence-corrected chi connectivity index (χ2v) is 11.7. The van der Waals surface area contributed by atoms with Gasteiger partial charge in [-0.3, -0.25) is 14.5 Å². The van der Waals surface area contributed by atoms with Crippen LogP contribution in [0.15, 0.2) is 36.0 Å². The number of amides is 1. The van der Waals surface area contributed by atoms with E-state index in [-0.39, 0.29) is 22.0 Å².